The predicted molar refractivity (Wildman–Crippen MR) is 91.2 cm³/mol. The Balaban J connectivity index is 1.96. The van der Waals surface area contributed by atoms with Crippen LogP contribution in [0.4, 0.5) is 0 Å². The highest BCUT2D eigenvalue weighted by Gasteiger charge is 2.35. The number of methoxy groups -OCH3 is 2. The van der Waals surface area contributed by atoms with E-state index in [1.165, 1.54) is 26.4 Å². The fourth-order valence-corrected chi connectivity index (χ4v) is 5.53. The van der Waals surface area contributed by atoms with Crippen LogP contribution in [0, 0.1) is 0 Å². The lowest BCUT2D eigenvalue weighted by Gasteiger charge is -2.16. The zero-order valence-electron chi connectivity index (χ0n) is 13.9. The van der Waals surface area contributed by atoms with Gasteiger partial charge in [-0.25, -0.2) is 21.6 Å². The molecule has 2 atom stereocenters. The molecule has 1 saturated heterocycles. The van der Waals surface area contributed by atoms with E-state index >= 15 is 0 Å². The summed E-state index contributed by atoms with van der Waals surface area (Å²) in [4.78, 5) is -0.0576. The standard InChI is InChI=1S/C14H22N2O7S2/c1-22-10-3-4-13(23-2)14(7-10)25(20,21)16-6-5-15-11-8-24(18,19)9-12(11)17/h3-4,7,11-12,15-17H,5-6,8-9H2,1-2H3/t11-,12+/m1/s1. The number of nitrogens with one attached hydrogen (secondary N) is 2. The molecule has 25 heavy (non-hydrogen) atoms. The van der Waals surface area contributed by atoms with Gasteiger partial charge in [-0.3, -0.25) is 0 Å². The minimum absolute atomic E-state index is 0.0198. The summed E-state index contributed by atoms with van der Waals surface area (Å²) in [5.74, 6) is 0.110. The number of hydrogen-bond acceptors (Lipinski definition) is 8. The molecule has 0 unspecified atom stereocenters. The van der Waals surface area contributed by atoms with Crippen LogP contribution in [0.2, 0.25) is 0 Å². The Morgan fingerprint density at radius 3 is 2.48 bits per heavy atom. The first kappa shape index (κ1) is 19.9. The van der Waals surface area contributed by atoms with Crippen LogP contribution in [0.15, 0.2) is 23.1 Å². The zero-order valence-corrected chi connectivity index (χ0v) is 15.6. The molecular weight excluding hydrogens is 372 g/mol. The average molecular weight is 394 g/mol. The summed E-state index contributed by atoms with van der Waals surface area (Å²) >= 11 is 0. The van der Waals surface area contributed by atoms with E-state index in [-0.39, 0.29) is 35.2 Å². The number of hydrogen-bond donors (Lipinski definition) is 3. The molecule has 2 rings (SSSR count). The Hall–Kier alpha value is -1.40. The first-order valence-corrected chi connectivity index (χ1v) is 10.8. The van der Waals surface area contributed by atoms with Crippen LogP contribution < -0.4 is 19.5 Å². The summed E-state index contributed by atoms with van der Waals surface area (Å²) in [6.07, 6.45) is -0.986. The molecular formula is C14H22N2O7S2. The van der Waals surface area contributed by atoms with Crippen molar-refractivity contribution in [1.29, 1.82) is 0 Å². The van der Waals surface area contributed by atoms with Crippen LogP contribution in [0.5, 0.6) is 11.5 Å². The molecule has 142 valence electrons. The lowest BCUT2D eigenvalue weighted by molar-refractivity contribution is 0.166. The molecule has 1 aliphatic heterocycles. The first-order valence-electron chi connectivity index (χ1n) is 7.52. The second-order valence-corrected chi connectivity index (χ2v) is 9.51. The van der Waals surface area contributed by atoms with Crippen LogP contribution in [-0.2, 0) is 19.9 Å². The van der Waals surface area contributed by atoms with Gasteiger partial charge in [0.05, 0.1) is 31.8 Å². The van der Waals surface area contributed by atoms with E-state index in [9.17, 15) is 21.9 Å². The van der Waals surface area contributed by atoms with E-state index in [0.29, 0.717) is 5.75 Å². The summed E-state index contributed by atoms with van der Waals surface area (Å²) in [7, 11) is -4.30. The highest BCUT2D eigenvalue weighted by molar-refractivity contribution is 7.91. The van der Waals surface area contributed by atoms with Crippen molar-refractivity contribution in [2.75, 3.05) is 38.8 Å². The van der Waals surface area contributed by atoms with Gasteiger partial charge in [-0.05, 0) is 12.1 Å². The fourth-order valence-electron chi connectivity index (χ4n) is 2.54. The number of ether oxygens (including phenoxy) is 2. The van der Waals surface area contributed by atoms with E-state index in [1.54, 1.807) is 6.07 Å². The van der Waals surface area contributed by atoms with E-state index in [2.05, 4.69) is 10.0 Å². The number of aliphatic hydroxyl groups excluding tert-OH is 1. The minimum Gasteiger partial charge on any atom is -0.497 e. The van der Waals surface area contributed by atoms with Gasteiger partial charge in [-0.1, -0.05) is 0 Å². The van der Waals surface area contributed by atoms with Crippen LogP contribution in [0.3, 0.4) is 0 Å². The maximum atomic E-state index is 12.4. The van der Waals surface area contributed by atoms with Gasteiger partial charge < -0.3 is 19.9 Å². The van der Waals surface area contributed by atoms with E-state index in [0.717, 1.165) is 0 Å². The summed E-state index contributed by atoms with van der Waals surface area (Å²) in [6, 6.07) is 3.83. The molecule has 3 N–H and O–H groups in total. The monoisotopic (exact) mass is 394 g/mol. The fraction of sp³-hybridized carbons (Fsp3) is 0.571. The maximum Gasteiger partial charge on any atom is 0.244 e. The highest BCUT2D eigenvalue weighted by Crippen LogP contribution is 2.27. The normalized spacial score (nSPS) is 22.7. The molecule has 0 aromatic heterocycles. The van der Waals surface area contributed by atoms with Crippen molar-refractivity contribution in [3.8, 4) is 11.5 Å². The summed E-state index contributed by atoms with van der Waals surface area (Å²) in [6.45, 7) is 0.189. The van der Waals surface area contributed by atoms with Crippen LogP contribution in [-0.4, -0.2) is 72.9 Å². The molecule has 1 fully saturated rings. The third-order valence-corrected chi connectivity index (χ3v) is 7.01. The molecule has 1 aliphatic rings. The van der Waals surface area contributed by atoms with Crippen molar-refractivity contribution in [3.05, 3.63) is 18.2 Å². The second-order valence-electron chi connectivity index (χ2n) is 5.62. The smallest absolute Gasteiger partial charge is 0.244 e. The molecule has 0 radical (unpaired) electrons. The van der Waals surface area contributed by atoms with Gasteiger partial charge in [0.1, 0.15) is 16.4 Å². The number of sulfonamides is 1. The Morgan fingerprint density at radius 2 is 1.92 bits per heavy atom. The Kier molecular flexibility index (Phi) is 6.27. The topological polar surface area (TPSA) is 131 Å². The van der Waals surface area contributed by atoms with E-state index < -0.39 is 32.0 Å². The molecule has 1 aromatic carbocycles. The highest BCUT2D eigenvalue weighted by atomic mass is 32.2. The maximum absolute atomic E-state index is 12.4. The van der Waals surface area contributed by atoms with Crippen LogP contribution in [0.1, 0.15) is 0 Å². The lowest BCUT2D eigenvalue weighted by Crippen LogP contribution is -2.42. The van der Waals surface area contributed by atoms with Gasteiger partial charge in [0.2, 0.25) is 10.0 Å². The third kappa shape index (κ3) is 5.05. The molecule has 1 heterocycles. The van der Waals surface area contributed by atoms with Crippen molar-refractivity contribution in [1.82, 2.24) is 10.0 Å². The molecule has 1 aromatic rings. The largest absolute Gasteiger partial charge is 0.497 e. The second kappa shape index (κ2) is 7.87. The minimum atomic E-state index is -3.84. The molecule has 9 nitrogen and oxygen atoms in total. The molecule has 0 spiro atoms. The third-order valence-electron chi connectivity index (χ3n) is 3.81. The van der Waals surface area contributed by atoms with Gasteiger partial charge >= 0.3 is 0 Å². The number of sulfone groups is 1. The summed E-state index contributed by atoms with van der Waals surface area (Å²) in [5, 5.41) is 12.5. The van der Waals surface area contributed by atoms with Crippen molar-refractivity contribution >= 4 is 19.9 Å². The predicted octanol–water partition coefficient (Wildman–Crippen LogP) is -1.27. The van der Waals surface area contributed by atoms with Gasteiger partial charge in [-0.2, -0.15) is 0 Å². The summed E-state index contributed by atoms with van der Waals surface area (Å²) < 4.78 is 60.2. The van der Waals surface area contributed by atoms with Crippen LogP contribution in [0.25, 0.3) is 0 Å². The average Bonchev–Trinajstić information content (AvgIpc) is 2.83. The van der Waals surface area contributed by atoms with E-state index in [1.807, 2.05) is 0 Å². The van der Waals surface area contributed by atoms with Gasteiger partial charge in [0.15, 0.2) is 9.84 Å². The SMILES string of the molecule is COc1ccc(OC)c(S(=O)(=O)NCCN[C@@H]2CS(=O)(=O)C[C@@H]2O)c1. The Morgan fingerprint density at radius 1 is 1.20 bits per heavy atom. The molecule has 0 aliphatic carbocycles. The Labute approximate surface area is 147 Å². The van der Waals surface area contributed by atoms with Gasteiger partial charge in [-0.15, -0.1) is 0 Å². The number of rotatable bonds is 8. The first-order chi connectivity index (χ1) is 11.7. The molecule has 0 saturated carbocycles. The number of benzene rings is 1. The van der Waals surface area contributed by atoms with Crippen LogP contribution >= 0.6 is 0 Å². The van der Waals surface area contributed by atoms with Gasteiger partial charge in [0, 0.05) is 25.2 Å². The lowest BCUT2D eigenvalue weighted by atomic mass is 10.2. The van der Waals surface area contributed by atoms with Crippen molar-refractivity contribution < 1.29 is 31.4 Å². The molecule has 0 bridgehead atoms. The van der Waals surface area contributed by atoms with Gasteiger partial charge in [0.25, 0.3) is 0 Å². The van der Waals surface area contributed by atoms with E-state index in [4.69, 9.17) is 9.47 Å². The number of aliphatic hydroxyl groups is 1. The zero-order chi connectivity index (χ0) is 18.7. The molecule has 0 amide bonds. The van der Waals surface area contributed by atoms with Crippen molar-refractivity contribution in [2.24, 2.45) is 0 Å². The quantitative estimate of drug-likeness (QED) is 0.465. The summed E-state index contributed by atoms with van der Waals surface area (Å²) in [5.41, 5.74) is 0. The Bertz CT molecular complexity index is 808. The van der Waals surface area contributed by atoms with Crippen molar-refractivity contribution in [2.45, 2.75) is 17.0 Å². The van der Waals surface area contributed by atoms with Crippen molar-refractivity contribution in [3.63, 3.8) is 0 Å². The molecule has 11 heteroatoms.